The second-order valence-electron chi connectivity index (χ2n) is 3.50. The summed E-state index contributed by atoms with van der Waals surface area (Å²) in [6, 6.07) is 1.63. The first-order valence-electron chi connectivity index (χ1n) is 4.86. The molecule has 1 aromatic rings. The summed E-state index contributed by atoms with van der Waals surface area (Å²) in [4.78, 5) is 12.2. The van der Waals surface area contributed by atoms with Crippen LogP contribution in [0.3, 0.4) is 0 Å². The zero-order chi connectivity index (χ0) is 12.2. The van der Waals surface area contributed by atoms with E-state index >= 15 is 0 Å². The van der Waals surface area contributed by atoms with Crippen molar-refractivity contribution in [2.24, 2.45) is 0 Å². The van der Waals surface area contributed by atoms with Crippen molar-refractivity contribution in [1.29, 1.82) is 0 Å². The molecule has 0 radical (unpaired) electrons. The second kappa shape index (κ2) is 5.63. The highest BCUT2D eigenvalue weighted by atomic mass is 35.5. The van der Waals surface area contributed by atoms with Gasteiger partial charge in [0.2, 0.25) is 0 Å². The van der Waals surface area contributed by atoms with Crippen LogP contribution in [0.5, 0.6) is 0 Å². The highest BCUT2D eigenvalue weighted by Crippen LogP contribution is 2.22. The first-order valence-corrected chi connectivity index (χ1v) is 6.11. The molecular formula is C10H14ClNO3S. The molecule has 0 saturated carbocycles. The lowest BCUT2D eigenvalue weighted by atomic mass is 9.98. The predicted octanol–water partition coefficient (Wildman–Crippen LogP) is 1.26. The number of hydrogen-bond acceptors (Lipinski definition) is 4. The van der Waals surface area contributed by atoms with E-state index in [1.807, 2.05) is 0 Å². The number of thiophene rings is 1. The maximum Gasteiger partial charge on any atom is 0.263 e. The van der Waals surface area contributed by atoms with Crippen LogP contribution in [0.1, 0.15) is 23.0 Å². The molecule has 3 N–H and O–H groups in total. The van der Waals surface area contributed by atoms with Gasteiger partial charge in [-0.25, -0.2) is 0 Å². The van der Waals surface area contributed by atoms with Crippen molar-refractivity contribution in [2.75, 3.05) is 13.2 Å². The molecule has 0 spiro atoms. The van der Waals surface area contributed by atoms with Crippen LogP contribution in [0.2, 0.25) is 5.02 Å². The summed E-state index contributed by atoms with van der Waals surface area (Å²) < 4.78 is 0. The number of carbonyl (C=O) groups is 1. The van der Waals surface area contributed by atoms with Gasteiger partial charge in [-0.3, -0.25) is 4.79 Å². The highest BCUT2D eigenvalue weighted by molar-refractivity contribution is 7.12. The second-order valence-corrected chi connectivity index (χ2v) is 4.83. The Morgan fingerprint density at radius 1 is 1.56 bits per heavy atom. The topological polar surface area (TPSA) is 69.6 Å². The van der Waals surface area contributed by atoms with Crippen molar-refractivity contribution in [1.82, 2.24) is 5.32 Å². The highest BCUT2D eigenvalue weighted by Gasteiger charge is 2.29. The van der Waals surface area contributed by atoms with E-state index in [0.29, 0.717) is 16.3 Å². The standard InChI is InChI=1S/C10H14ClNO3S/c1-2-10(5-13,6-14)12-9(15)8-7(11)3-4-16-8/h3-4,13-14H,2,5-6H2,1H3,(H,12,15). The summed E-state index contributed by atoms with van der Waals surface area (Å²) in [7, 11) is 0. The number of aliphatic hydroxyl groups is 2. The Kier molecular flexibility index (Phi) is 4.73. The Labute approximate surface area is 103 Å². The summed E-state index contributed by atoms with van der Waals surface area (Å²) in [5.41, 5.74) is -0.982. The van der Waals surface area contributed by atoms with Gasteiger partial charge >= 0.3 is 0 Å². The third-order valence-corrected chi connectivity index (χ3v) is 3.82. The van der Waals surface area contributed by atoms with Crippen molar-refractivity contribution >= 4 is 28.8 Å². The van der Waals surface area contributed by atoms with Gasteiger partial charge in [-0.05, 0) is 17.9 Å². The van der Waals surface area contributed by atoms with E-state index in [2.05, 4.69) is 5.32 Å². The number of hydrogen-bond donors (Lipinski definition) is 3. The zero-order valence-corrected chi connectivity index (χ0v) is 10.4. The van der Waals surface area contributed by atoms with Crippen LogP contribution < -0.4 is 5.32 Å². The summed E-state index contributed by atoms with van der Waals surface area (Å²) in [6.07, 6.45) is 0.439. The van der Waals surface area contributed by atoms with Crippen LogP contribution in [0.25, 0.3) is 0 Å². The molecule has 1 rings (SSSR count). The lowest BCUT2D eigenvalue weighted by molar-refractivity contribution is 0.0656. The van der Waals surface area contributed by atoms with Crippen LogP contribution in [-0.2, 0) is 0 Å². The first kappa shape index (κ1) is 13.4. The molecule has 0 aromatic carbocycles. The number of nitrogens with one attached hydrogen (secondary N) is 1. The maximum atomic E-state index is 11.8. The SMILES string of the molecule is CCC(CO)(CO)NC(=O)c1sccc1Cl. The largest absolute Gasteiger partial charge is 0.394 e. The average Bonchev–Trinajstić information content (AvgIpc) is 2.72. The molecule has 0 fully saturated rings. The van der Waals surface area contributed by atoms with Crippen molar-refractivity contribution in [3.63, 3.8) is 0 Å². The minimum atomic E-state index is -0.982. The Morgan fingerprint density at radius 3 is 2.56 bits per heavy atom. The van der Waals surface area contributed by atoms with Crippen molar-refractivity contribution in [3.8, 4) is 0 Å². The molecule has 1 heterocycles. The molecule has 1 aromatic heterocycles. The zero-order valence-electron chi connectivity index (χ0n) is 8.86. The molecule has 0 bridgehead atoms. The van der Waals surface area contributed by atoms with E-state index in [-0.39, 0.29) is 19.1 Å². The van der Waals surface area contributed by atoms with E-state index in [1.165, 1.54) is 11.3 Å². The summed E-state index contributed by atoms with van der Waals surface area (Å²) in [5.74, 6) is -0.370. The van der Waals surface area contributed by atoms with Crippen molar-refractivity contribution in [3.05, 3.63) is 21.3 Å². The van der Waals surface area contributed by atoms with Gasteiger partial charge in [-0.2, -0.15) is 0 Å². The lowest BCUT2D eigenvalue weighted by Crippen LogP contribution is -2.53. The molecule has 0 atom stereocenters. The molecule has 90 valence electrons. The third-order valence-electron chi connectivity index (χ3n) is 2.48. The maximum absolute atomic E-state index is 11.8. The smallest absolute Gasteiger partial charge is 0.263 e. The van der Waals surface area contributed by atoms with Gasteiger partial charge in [-0.15, -0.1) is 11.3 Å². The van der Waals surface area contributed by atoms with Crippen molar-refractivity contribution < 1.29 is 15.0 Å². The molecule has 6 heteroatoms. The molecule has 0 unspecified atom stereocenters. The normalized spacial score (nSPS) is 11.5. The first-order chi connectivity index (χ1) is 7.58. The molecule has 16 heavy (non-hydrogen) atoms. The Hall–Kier alpha value is -0.620. The molecule has 4 nitrogen and oxygen atoms in total. The molecule has 0 saturated heterocycles. The van der Waals surface area contributed by atoms with E-state index < -0.39 is 5.54 Å². The van der Waals surface area contributed by atoms with Crippen LogP contribution in [0.4, 0.5) is 0 Å². The van der Waals surface area contributed by atoms with Crippen molar-refractivity contribution in [2.45, 2.75) is 18.9 Å². The van der Waals surface area contributed by atoms with E-state index in [0.717, 1.165) is 0 Å². The Balaban J connectivity index is 2.81. The third kappa shape index (κ3) is 2.74. The van der Waals surface area contributed by atoms with Gasteiger partial charge in [0.25, 0.3) is 5.91 Å². The summed E-state index contributed by atoms with van der Waals surface area (Å²) >= 11 is 7.04. The van der Waals surface area contributed by atoms with Gasteiger partial charge in [-0.1, -0.05) is 18.5 Å². The van der Waals surface area contributed by atoms with Crippen LogP contribution in [0, 0.1) is 0 Å². The van der Waals surface area contributed by atoms with E-state index in [1.54, 1.807) is 18.4 Å². The Morgan fingerprint density at radius 2 is 2.19 bits per heavy atom. The summed E-state index contributed by atoms with van der Waals surface area (Å²) in [5, 5.41) is 23.1. The summed E-state index contributed by atoms with van der Waals surface area (Å²) in [6.45, 7) is 1.16. The minimum Gasteiger partial charge on any atom is -0.394 e. The fourth-order valence-electron chi connectivity index (χ4n) is 1.19. The fraction of sp³-hybridized carbons (Fsp3) is 0.500. The van der Waals surface area contributed by atoms with Crippen LogP contribution in [0.15, 0.2) is 11.4 Å². The Bertz CT molecular complexity index is 354. The molecule has 0 aliphatic carbocycles. The average molecular weight is 264 g/mol. The van der Waals surface area contributed by atoms with Crippen LogP contribution in [-0.4, -0.2) is 34.9 Å². The lowest BCUT2D eigenvalue weighted by Gasteiger charge is -2.29. The molecular weight excluding hydrogens is 250 g/mol. The number of rotatable bonds is 5. The molecule has 0 aliphatic rings. The quantitative estimate of drug-likeness (QED) is 0.749. The minimum absolute atomic E-state index is 0.311. The fourth-order valence-corrected chi connectivity index (χ4v) is 2.23. The van der Waals surface area contributed by atoms with Crippen LogP contribution >= 0.6 is 22.9 Å². The number of amides is 1. The van der Waals surface area contributed by atoms with Gasteiger partial charge in [0.1, 0.15) is 4.88 Å². The van der Waals surface area contributed by atoms with Gasteiger partial charge in [0.05, 0.1) is 23.8 Å². The molecule has 0 aliphatic heterocycles. The van der Waals surface area contributed by atoms with E-state index in [4.69, 9.17) is 11.6 Å². The van der Waals surface area contributed by atoms with E-state index in [9.17, 15) is 15.0 Å². The van der Waals surface area contributed by atoms with Gasteiger partial charge in [0, 0.05) is 0 Å². The molecule has 1 amide bonds. The predicted molar refractivity (Wildman–Crippen MR) is 64.0 cm³/mol. The monoisotopic (exact) mass is 263 g/mol. The number of aliphatic hydroxyl groups excluding tert-OH is 2. The van der Waals surface area contributed by atoms with Gasteiger partial charge < -0.3 is 15.5 Å². The number of halogens is 1. The number of carbonyl (C=O) groups excluding carboxylic acids is 1. The van der Waals surface area contributed by atoms with Gasteiger partial charge in [0.15, 0.2) is 0 Å².